The molecule has 0 radical (unpaired) electrons. The van der Waals surface area contributed by atoms with Crippen LogP contribution >= 0.6 is 0 Å². The largest absolute Gasteiger partial charge is 0.441 e. The minimum absolute atomic E-state index is 0.0197. The molecule has 0 aliphatic rings. The molecule has 1 heterocycles. The first-order valence-corrected chi connectivity index (χ1v) is 12.5. The van der Waals surface area contributed by atoms with E-state index in [0.717, 1.165) is 31.1 Å². The number of benzene rings is 2. The molecular formula is C25H26N4O6S. The van der Waals surface area contributed by atoms with E-state index in [1.165, 1.54) is 12.1 Å². The molecule has 1 aromatic heterocycles. The first kappa shape index (κ1) is 26.4. The average Bonchev–Trinajstić information content (AvgIpc) is 3.35. The Morgan fingerprint density at radius 2 is 1.67 bits per heavy atom. The van der Waals surface area contributed by atoms with Crippen molar-refractivity contribution in [3.05, 3.63) is 89.3 Å². The van der Waals surface area contributed by atoms with Crippen LogP contribution in [-0.2, 0) is 14.9 Å². The zero-order chi connectivity index (χ0) is 26.1. The molecule has 0 unspecified atom stereocenters. The molecule has 2 aromatic carbocycles. The van der Waals surface area contributed by atoms with E-state index in [2.05, 4.69) is 34.6 Å². The number of nitrogens with one attached hydrogen (secondary N) is 2. The first-order valence-electron chi connectivity index (χ1n) is 11.0. The SMILES string of the molecule is CCN(CC)c1ccc(/C=C(/NC(=O)c2ccccc2)C(=O)N/N=C\c2ccc(S(=O)(=O)O)o2)cc1. The molecule has 0 bridgehead atoms. The van der Waals surface area contributed by atoms with Crippen molar-refractivity contribution >= 4 is 39.9 Å². The number of amides is 2. The summed E-state index contributed by atoms with van der Waals surface area (Å²) >= 11 is 0. The highest BCUT2D eigenvalue weighted by Crippen LogP contribution is 2.17. The number of carbonyl (C=O) groups is 2. The number of hydrogen-bond donors (Lipinski definition) is 3. The van der Waals surface area contributed by atoms with Crippen molar-refractivity contribution in [2.75, 3.05) is 18.0 Å². The lowest BCUT2D eigenvalue weighted by molar-refractivity contribution is -0.117. The summed E-state index contributed by atoms with van der Waals surface area (Å²) in [5, 5.41) is 5.70. The van der Waals surface area contributed by atoms with Crippen molar-refractivity contribution in [2.45, 2.75) is 18.9 Å². The molecule has 0 aliphatic heterocycles. The Morgan fingerprint density at radius 1 is 1.00 bits per heavy atom. The van der Waals surface area contributed by atoms with Crippen molar-refractivity contribution in [1.29, 1.82) is 0 Å². The van der Waals surface area contributed by atoms with Gasteiger partial charge in [-0.3, -0.25) is 14.1 Å². The topological polar surface area (TPSA) is 141 Å². The van der Waals surface area contributed by atoms with E-state index >= 15 is 0 Å². The van der Waals surface area contributed by atoms with Gasteiger partial charge in [0.25, 0.3) is 11.8 Å². The lowest BCUT2D eigenvalue weighted by Crippen LogP contribution is -2.32. The van der Waals surface area contributed by atoms with Crippen LogP contribution in [-0.4, -0.2) is 44.1 Å². The number of hydrazone groups is 1. The Kier molecular flexibility index (Phi) is 8.76. The van der Waals surface area contributed by atoms with Crippen molar-refractivity contribution in [3.8, 4) is 0 Å². The average molecular weight is 511 g/mol. The number of rotatable bonds is 10. The van der Waals surface area contributed by atoms with E-state index in [1.54, 1.807) is 30.3 Å². The molecule has 0 saturated heterocycles. The number of anilines is 1. The van der Waals surface area contributed by atoms with Crippen LogP contribution in [0.25, 0.3) is 6.08 Å². The second kappa shape index (κ2) is 12.0. The summed E-state index contributed by atoms with van der Waals surface area (Å²) in [5.74, 6) is -1.22. The standard InChI is InChI=1S/C25H26N4O6S/c1-3-29(4-2)20-12-10-18(11-13-20)16-22(27-24(30)19-8-6-5-7-9-19)25(31)28-26-17-21-14-15-23(35-21)36(32,33)34/h5-17H,3-4H2,1-2H3,(H,27,30)(H,28,31)(H,32,33,34)/b22-16+,26-17-. The van der Waals surface area contributed by atoms with Gasteiger partial charge < -0.3 is 14.6 Å². The molecule has 11 heteroatoms. The predicted molar refractivity (Wildman–Crippen MR) is 136 cm³/mol. The number of hydrogen-bond acceptors (Lipinski definition) is 7. The Balaban J connectivity index is 1.82. The van der Waals surface area contributed by atoms with Gasteiger partial charge in [0.1, 0.15) is 11.5 Å². The van der Waals surface area contributed by atoms with Crippen molar-refractivity contribution < 1.29 is 27.0 Å². The highest BCUT2D eigenvalue weighted by molar-refractivity contribution is 7.85. The Hall–Kier alpha value is -4.22. The van der Waals surface area contributed by atoms with E-state index < -0.39 is 27.0 Å². The van der Waals surface area contributed by atoms with Crippen LogP contribution in [0.5, 0.6) is 0 Å². The molecule has 188 valence electrons. The monoisotopic (exact) mass is 510 g/mol. The van der Waals surface area contributed by atoms with E-state index in [4.69, 9.17) is 8.97 Å². The molecule has 2 amide bonds. The Labute approximate surface area is 209 Å². The summed E-state index contributed by atoms with van der Waals surface area (Å²) in [6, 6.07) is 18.2. The highest BCUT2D eigenvalue weighted by Gasteiger charge is 2.16. The van der Waals surface area contributed by atoms with Gasteiger partial charge in [-0.05, 0) is 61.9 Å². The lowest BCUT2D eigenvalue weighted by Gasteiger charge is -2.20. The van der Waals surface area contributed by atoms with Crippen LogP contribution < -0.4 is 15.6 Å². The van der Waals surface area contributed by atoms with E-state index in [-0.39, 0.29) is 11.5 Å². The van der Waals surface area contributed by atoms with Gasteiger partial charge in [-0.25, -0.2) is 5.43 Å². The van der Waals surface area contributed by atoms with Crippen LogP contribution in [0.1, 0.15) is 35.5 Å². The zero-order valence-electron chi connectivity index (χ0n) is 19.7. The molecule has 36 heavy (non-hydrogen) atoms. The zero-order valence-corrected chi connectivity index (χ0v) is 20.5. The Morgan fingerprint density at radius 3 is 2.25 bits per heavy atom. The van der Waals surface area contributed by atoms with Gasteiger partial charge in [-0.15, -0.1) is 0 Å². The Bertz CT molecular complexity index is 1360. The minimum atomic E-state index is -4.50. The van der Waals surface area contributed by atoms with Crippen molar-refractivity contribution in [2.24, 2.45) is 5.10 Å². The minimum Gasteiger partial charge on any atom is -0.441 e. The fraction of sp³-hybridized carbons (Fsp3) is 0.160. The van der Waals surface area contributed by atoms with Gasteiger partial charge in [0.15, 0.2) is 0 Å². The molecule has 10 nitrogen and oxygen atoms in total. The third-order valence-corrected chi connectivity index (χ3v) is 5.80. The summed E-state index contributed by atoms with van der Waals surface area (Å²) in [4.78, 5) is 27.7. The van der Waals surface area contributed by atoms with Gasteiger partial charge in [-0.1, -0.05) is 30.3 Å². The van der Waals surface area contributed by atoms with Crippen molar-refractivity contribution in [3.63, 3.8) is 0 Å². The second-order valence-corrected chi connectivity index (χ2v) is 8.83. The number of carbonyl (C=O) groups excluding carboxylic acids is 2. The van der Waals surface area contributed by atoms with Gasteiger partial charge in [0.05, 0.1) is 6.21 Å². The maximum absolute atomic E-state index is 12.9. The first-order chi connectivity index (χ1) is 17.2. The van der Waals surface area contributed by atoms with Crippen LogP contribution in [0.4, 0.5) is 5.69 Å². The van der Waals surface area contributed by atoms with Crippen LogP contribution in [0.15, 0.2) is 87.0 Å². The lowest BCUT2D eigenvalue weighted by atomic mass is 10.1. The molecule has 3 aromatic rings. The molecule has 0 fully saturated rings. The summed E-state index contributed by atoms with van der Waals surface area (Å²) in [6.07, 6.45) is 2.57. The van der Waals surface area contributed by atoms with E-state index in [0.29, 0.717) is 11.1 Å². The summed E-state index contributed by atoms with van der Waals surface area (Å²) in [6.45, 7) is 5.83. The molecule has 3 N–H and O–H groups in total. The summed E-state index contributed by atoms with van der Waals surface area (Å²) in [5.41, 5.74) is 4.29. The van der Waals surface area contributed by atoms with Crippen LogP contribution in [0.3, 0.4) is 0 Å². The normalized spacial score (nSPS) is 11.9. The fourth-order valence-corrected chi connectivity index (χ4v) is 3.68. The predicted octanol–water partition coefficient (Wildman–Crippen LogP) is 3.29. The van der Waals surface area contributed by atoms with Gasteiger partial charge >= 0.3 is 10.1 Å². The molecule has 3 rings (SSSR count). The molecule has 0 saturated carbocycles. The third kappa shape index (κ3) is 7.14. The van der Waals surface area contributed by atoms with Gasteiger partial charge in [-0.2, -0.15) is 13.5 Å². The maximum atomic E-state index is 12.9. The summed E-state index contributed by atoms with van der Waals surface area (Å²) < 4.78 is 36.1. The van der Waals surface area contributed by atoms with E-state index in [9.17, 15) is 18.0 Å². The van der Waals surface area contributed by atoms with Crippen LogP contribution in [0.2, 0.25) is 0 Å². The van der Waals surface area contributed by atoms with Gasteiger partial charge in [0, 0.05) is 24.3 Å². The highest BCUT2D eigenvalue weighted by atomic mass is 32.2. The molecular weight excluding hydrogens is 484 g/mol. The van der Waals surface area contributed by atoms with Crippen molar-refractivity contribution in [1.82, 2.24) is 10.7 Å². The molecule has 0 spiro atoms. The smallest absolute Gasteiger partial charge is 0.328 e. The van der Waals surface area contributed by atoms with Crippen LogP contribution in [0, 0.1) is 0 Å². The number of furan rings is 1. The van der Waals surface area contributed by atoms with Gasteiger partial charge in [0.2, 0.25) is 5.09 Å². The summed E-state index contributed by atoms with van der Waals surface area (Å²) in [7, 11) is -4.50. The second-order valence-electron chi connectivity index (χ2n) is 7.47. The third-order valence-electron chi connectivity index (χ3n) is 5.08. The molecule has 0 atom stereocenters. The number of nitrogens with zero attached hydrogens (tertiary/aromatic N) is 2. The molecule has 0 aliphatic carbocycles. The fourth-order valence-electron chi connectivity index (χ4n) is 3.24. The van der Waals surface area contributed by atoms with E-state index in [1.807, 2.05) is 24.3 Å². The maximum Gasteiger partial charge on any atom is 0.328 e. The quantitative estimate of drug-likeness (QED) is 0.164.